The topological polar surface area (TPSA) is 26.3 Å². The van der Waals surface area contributed by atoms with Crippen LogP contribution in [0.3, 0.4) is 0 Å². The van der Waals surface area contributed by atoms with E-state index in [-0.39, 0.29) is 0 Å². The molecule has 0 spiro atoms. The number of carbonyl (C=O) groups excluding carboxylic acids is 1. The Balaban J connectivity index is 3.34. The molecule has 10 heavy (non-hydrogen) atoms. The van der Waals surface area contributed by atoms with Crippen molar-refractivity contribution in [1.82, 2.24) is 0 Å². The van der Waals surface area contributed by atoms with Crippen molar-refractivity contribution in [2.24, 2.45) is 0 Å². The highest BCUT2D eigenvalue weighted by Gasteiger charge is 2.03. The molecular formula is C7H11FO2. The average Bonchev–Trinajstić information content (AvgIpc) is 1.99. The number of rotatable bonds is 5. The van der Waals surface area contributed by atoms with Gasteiger partial charge in [-0.25, -0.2) is 4.39 Å². The molecule has 0 rings (SSSR count). The molecule has 0 saturated heterocycles. The first-order chi connectivity index (χ1) is 4.85. The van der Waals surface area contributed by atoms with E-state index in [1.165, 1.54) is 0 Å². The summed E-state index contributed by atoms with van der Waals surface area (Å²) in [7, 11) is 0. The van der Waals surface area contributed by atoms with Crippen molar-refractivity contribution in [1.29, 1.82) is 0 Å². The fraction of sp³-hybridized carbons (Fsp3) is 0.571. The van der Waals surface area contributed by atoms with Crippen LogP contribution in [0.4, 0.5) is 4.39 Å². The van der Waals surface area contributed by atoms with E-state index in [2.05, 4.69) is 0 Å². The molecule has 2 nitrogen and oxygen atoms in total. The summed E-state index contributed by atoms with van der Waals surface area (Å²) < 4.78 is 16.5. The molecule has 0 amide bonds. The van der Waals surface area contributed by atoms with Crippen molar-refractivity contribution in [3.63, 3.8) is 0 Å². The number of halogens is 1. The minimum Gasteiger partial charge on any atom is -0.364 e. The lowest BCUT2D eigenvalue weighted by Crippen LogP contribution is -2.16. The van der Waals surface area contributed by atoms with Crippen molar-refractivity contribution in [2.75, 3.05) is 13.3 Å². The quantitative estimate of drug-likeness (QED) is 0.429. The molecule has 3 heteroatoms. The van der Waals surface area contributed by atoms with E-state index in [4.69, 9.17) is 4.74 Å². The van der Waals surface area contributed by atoms with Crippen LogP contribution < -0.4 is 0 Å². The minimum atomic E-state index is -0.892. The molecule has 0 aromatic carbocycles. The van der Waals surface area contributed by atoms with E-state index < -0.39 is 12.8 Å². The second-order valence-corrected chi connectivity index (χ2v) is 1.73. The van der Waals surface area contributed by atoms with Gasteiger partial charge in [0.1, 0.15) is 12.8 Å². The summed E-state index contributed by atoms with van der Waals surface area (Å²) in [5, 5.41) is 0. The third kappa shape index (κ3) is 4.21. The number of aldehydes is 1. The zero-order valence-corrected chi connectivity index (χ0v) is 5.92. The molecule has 0 bridgehead atoms. The largest absolute Gasteiger partial charge is 0.364 e. The summed E-state index contributed by atoms with van der Waals surface area (Å²) >= 11 is 0. The maximum atomic E-state index is 11.7. The van der Waals surface area contributed by atoms with Gasteiger partial charge in [0.05, 0.1) is 6.61 Å². The summed E-state index contributed by atoms with van der Waals surface area (Å²) in [6.07, 6.45) is 3.06. The summed E-state index contributed by atoms with van der Waals surface area (Å²) in [6.45, 7) is 1.37. The second-order valence-electron chi connectivity index (χ2n) is 1.73. The van der Waals surface area contributed by atoms with Crippen molar-refractivity contribution in [2.45, 2.75) is 13.0 Å². The molecule has 1 atom stereocenters. The number of hydrogen-bond donors (Lipinski definition) is 0. The molecule has 58 valence electrons. The summed E-state index contributed by atoms with van der Waals surface area (Å²) in [4.78, 5) is 9.94. The first kappa shape index (κ1) is 9.30. The van der Waals surface area contributed by atoms with Gasteiger partial charge in [0.25, 0.3) is 0 Å². The predicted molar refractivity (Wildman–Crippen MR) is 36.6 cm³/mol. The Labute approximate surface area is 59.7 Å². The molecule has 0 radical (unpaired) electrons. The molecule has 0 N–H and O–H groups in total. The number of hydrogen-bond acceptors (Lipinski definition) is 2. The van der Waals surface area contributed by atoms with Gasteiger partial charge in [-0.1, -0.05) is 12.2 Å². The van der Waals surface area contributed by atoms with E-state index in [1.54, 1.807) is 12.2 Å². The van der Waals surface area contributed by atoms with E-state index in [9.17, 15) is 9.18 Å². The molecule has 0 aromatic rings. The van der Waals surface area contributed by atoms with Crippen LogP contribution in [0.25, 0.3) is 0 Å². The van der Waals surface area contributed by atoms with E-state index in [1.807, 2.05) is 6.92 Å². The zero-order valence-electron chi connectivity index (χ0n) is 5.92. The van der Waals surface area contributed by atoms with Gasteiger partial charge < -0.3 is 9.53 Å². The fourth-order valence-corrected chi connectivity index (χ4v) is 0.396. The van der Waals surface area contributed by atoms with Crippen LogP contribution in [0, 0.1) is 0 Å². The molecule has 0 fully saturated rings. The third-order valence-corrected chi connectivity index (χ3v) is 0.946. The highest BCUT2D eigenvalue weighted by Crippen LogP contribution is 1.88. The molecule has 0 aromatic heterocycles. The van der Waals surface area contributed by atoms with Crippen LogP contribution in [0.15, 0.2) is 12.2 Å². The second kappa shape index (κ2) is 6.42. The smallest absolute Gasteiger partial charge is 0.151 e. The molecule has 0 saturated carbocycles. The first-order valence-corrected chi connectivity index (χ1v) is 3.09. The minimum absolute atomic E-state index is 0.295. The molecule has 0 aliphatic heterocycles. The normalized spacial score (nSPS) is 13.8. The predicted octanol–water partition coefficient (Wildman–Crippen LogP) is 1.12. The Bertz CT molecular complexity index is 112. The molecule has 0 aliphatic carbocycles. The monoisotopic (exact) mass is 146 g/mol. The Morgan fingerprint density at radius 2 is 2.40 bits per heavy atom. The molecular weight excluding hydrogens is 135 g/mol. The van der Waals surface area contributed by atoms with Crippen molar-refractivity contribution < 1.29 is 13.9 Å². The van der Waals surface area contributed by atoms with Crippen LogP contribution in [-0.4, -0.2) is 25.7 Å². The van der Waals surface area contributed by atoms with E-state index in [0.717, 1.165) is 0 Å². The molecule has 1 unspecified atom stereocenters. The number of alkyl halides is 1. The number of carbonyl (C=O) groups is 1. The van der Waals surface area contributed by atoms with Gasteiger partial charge in [0, 0.05) is 0 Å². The first-order valence-electron chi connectivity index (χ1n) is 3.09. The molecule has 0 heterocycles. The van der Waals surface area contributed by atoms with E-state index in [0.29, 0.717) is 12.9 Å². The highest BCUT2D eigenvalue weighted by atomic mass is 19.1. The summed E-state index contributed by atoms with van der Waals surface area (Å²) in [5.74, 6) is 0. The maximum absolute atomic E-state index is 11.7. The maximum Gasteiger partial charge on any atom is 0.151 e. The highest BCUT2D eigenvalue weighted by molar-refractivity contribution is 5.56. The van der Waals surface area contributed by atoms with Crippen LogP contribution in [0.2, 0.25) is 0 Å². The Morgan fingerprint density at radius 1 is 1.70 bits per heavy atom. The zero-order chi connectivity index (χ0) is 7.82. The Morgan fingerprint density at radius 3 is 2.80 bits per heavy atom. The lowest BCUT2D eigenvalue weighted by Gasteiger charge is -2.03. The van der Waals surface area contributed by atoms with Crippen molar-refractivity contribution in [3.05, 3.63) is 12.2 Å². The van der Waals surface area contributed by atoms with Gasteiger partial charge in [-0.2, -0.15) is 0 Å². The van der Waals surface area contributed by atoms with Gasteiger partial charge >= 0.3 is 0 Å². The molecule has 0 aliphatic rings. The van der Waals surface area contributed by atoms with Gasteiger partial charge in [-0.3, -0.25) is 0 Å². The van der Waals surface area contributed by atoms with Crippen molar-refractivity contribution in [3.8, 4) is 0 Å². The standard InChI is InChI=1S/C7H11FO2/c1-2-3-4-10-7(5-8)6-9/h2-3,6-7H,4-5H2,1H3/b3-2+. The lowest BCUT2D eigenvalue weighted by atomic mass is 10.4. The number of ether oxygens (including phenoxy) is 1. The number of allylic oxidation sites excluding steroid dienone is 1. The fourth-order valence-electron chi connectivity index (χ4n) is 0.396. The van der Waals surface area contributed by atoms with Gasteiger partial charge in [0.2, 0.25) is 0 Å². The average molecular weight is 146 g/mol. The van der Waals surface area contributed by atoms with Crippen LogP contribution in [0.5, 0.6) is 0 Å². The van der Waals surface area contributed by atoms with Crippen LogP contribution in [-0.2, 0) is 9.53 Å². The third-order valence-electron chi connectivity index (χ3n) is 0.946. The van der Waals surface area contributed by atoms with Crippen LogP contribution in [0.1, 0.15) is 6.92 Å². The van der Waals surface area contributed by atoms with Crippen LogP contribution >= 0.6 is 0 Å². The van der Waals surface area contributed by atoms with Gasteiger partial charge in [-0.15, -0.1) is 0 Å². The van der Waals surface area contributed by atoms with E-state index >= 15 is 0 Å². The summed E-state index contributed by atoms with van der Waals surface area (Å²) in [5.41, 5.74) is 0. The van der Waals surface area contributed by atoms with Crippen molar-refractivity contribution >= 4 is 6.29 Å². The van der Waals surface area contributed by atoms with Gasteiger partial charge in [-0.05, 0) is 6.92 Å². The Kier molecular flexibility index (Phi) is 5.97. The summed E-state index contributed by atoms with van der Waals surface area (Å²) in [6, 6.07) is 0. The van der Waals surface area contributed by atoms with Gasteiger partial charge in [0.15, 0.2) is 6.29 Å². The SMILES string of the molecule is C/C=C/COC(C=O)CF. The lowest BCUT2D eigenvalue weighted by molar-refractivity contribution is -0.118. The Hall–Kier alpha value is -0.700.